The Hall–Kier alpha value is -0.570. The lowest BCUT2D eigenvalue weighted by Gasteiger charge is -2.26. The molecule has 0 aromatic carbocycles. The Bertz CT molecular complexity index is 224. The van der Waals surface area contributed by atoms with E-state index >= 15 is 0 Å². The summed E-state index contributed by atoms with van der Waals surface area (Å²) in [5.74, 6) is 0.935. The van der Waals surface area contributed by atoms with Gasteiger partial charge in [0.05, 0.1) is 0 Å². The number of carbonyl (C=O) groups is 1. The van der Waals surface area contributed by atoms with Crippen molar-refractivity contribution in [1.29, 1.82) is 0 Å². The highest BCUT2D eigenvalue weighted by molar-refractivity contribution is 5.67. The summed E-state index contributed by atoms with van der Waals surface area (Å²) < 4.78 is 0. The van der Waals surface area contributed by atoms with E-state index in [0.717, 1.165) is 12.3 Å². The van der Waals surface area contributed by atoms with Gasteiger partial charge in [-0.05, 0) is 37.1 Å². The average Bonchev–Trinajstić information content (AvgIpc) is 2.28. The molecule has 0 spiro atoms. The Kier molecular flexibility index (Phi) is 6.56. The summed E-state index contributed by atoms with van der Waals surface area (Å²) in [5, 5.41) is 8.79. The summed E-state index contributed by atoms with van der Waals surface area (Å²) in [6.07, 6.45) is 9.36. The molecule has 100 valence electrons. The molecule has 0 aliphatic heterocycles. The van der Waals surface area contributed by atoms with E-state index < -0.39 is 5.97 Å². The first kappa shape index (κ1) is 14.5. The van der Waals surface area contributed by atoms with Gasteiger partial charge in [0, 0.05) is 6.42 Å². The number of aliphatic carboxylic acids is 1. The van der Waals surface area contributed by atoms with E-state index in [1.165, 1.54) is 38.5 Å². The molecule has 0 bridgehead atoms. The van der Waals surface area contributed by atoms with Crippen molar-refractivity contribution < 1.29 is 9.90 Å². The van der Waals surface area contributed by atoms with Crippen LogP contribution in [0, 0.1) is 17.8 Å². The SMILES string of the molecule is C[C@H](CC1CCCCC1)C[C@H](CN)CC(=O)O. The second-order valence-electron chi connectivity index (χ2n) is 5.78. The van der Waals surface area contributed by atoms with E-state index in [9.17, 15) is 4.79 Å². The average molecular weight is 241 g/mol. The largest absolute Gasteiger partial charge is 0.481 e. The molecular weight excluding hydrogens is 214 g/mol. The molecular formula is C14H27NO2. The first-order valence-electron chi connectivity index (χ1n) is 7.03. The standard InChI is InChI=1S/C14H27NO2/c1-11(7-12-5-3-2-4-6-12)8-13(10-15)9-14(16)17/h11-13H,2-10,15H2,1H3,(H,16,17)/t11-,13+/m1/s1. The minimum atomic E-state index is -0.717. The molecule has 2 atom stereocenters. The van der Waals surface area contributed by atoms with Crippen LogP contribution in [0.3, 0.4) is 0 Å². The first-order chi connectivity index (χ1) is 8.11. The van der Waals surface area contributed by atoms with Gasteiger partial charge in [-0.3, -0.25) is 4.79 Å². The first-order valence-corrected chi connectivity index (χ1v) is 7.03. The van der Waals surface area contributed by atoms with E-state index in [1.54, 1.807) is 0 Å². The molecule has 0 unspecified atom stereocenters. The normalized spacial score (nSPS) is 21.1. The van der Waals surface area contributed by atoms with Crippen LogP contribution < -0.4 is 5.73 Å². The van der Waals surface area contributed by atoms with E-state index in [0.29, 0.717) is 12.5 Å². The third-order valence-electron chi connectivity index (χ3n) is 3.99. The lowest BCUT2D eigenvalue weighted by atomic mass is 9.80. The summed E-state index contributed by atoms with van der Waals surface area (Å²) in [6, 6.07) is 0. The molecule has 1 aliphatic carbocycles. The lowest BCUT2D eigenvalue weighted by Crippen LogP contribution is -2.21. The van der Waals surface area contributed by atoms with Crippen molar-refractivity contribution in [3.05, 3.63) is 0 Å². The highest BCUT2D eigenvalue weighted by Crippen LogP contribution is 2.31. The minimum absolute atomic E-state index is 0.158. The van der Waals surface area contributed by atoms with Crippen LogP contribution in [0.15, 0.2) is 0 Å². The highest BCUT2D eigenvalue weighted by atomic mass is 16.4. The summed E-state index contributed by atoms with van der Waals surface area (Å²) >= 11 is 0. The van der Waals surface area contributed by atoms with Gasteiger partial charge in [0.25, 0.3) is 0 Å². The van der Waals surface area contributed by atoms with Gasteiger partial charge >= 0.3 is 5.97 Å². The van der Waals surface area contributed by atoms with Gasteiger partial charge in [0.1, 0.15) is 0 Å². The van der Waals surface area contributed by atoms with Gasteiger partial charge in [-0.15, -0.1) is 0 Å². The lowest BCUT2D eigenvalue weighted by molar-refractivity contribution is -0.138. The molecule has 1 aliphatic rings. The van der Waals surface area contributed by atoms with Crippen LogP contribution in [0.5, 0.6) is 0 Å². The number of carboxylic acid groups (broad SMARTS) is 1. The third kappa shape index (κ3) is 6.06. The molecule has 0 amide bonds. The molecule has 0 aromatic rings. The predicted octanol–water partition coefficient (Wildman–Crippen LogP) is 3.03. The maximum absolute atomic E-state index is 10.7. The zero-order valence-electron chi connectivity index (χ0n) is 11.0. The number of carboxylic acids is 1. The van der Waals surface area contributed by atoms with Crippen LogP contribution in [-0.4, -0.2) is 17.6 Å². The van der Waals surface area contributed by atoms with Crippen LogP contribution in [0.4, 0.5) is 0 Å². The molecule has 3 heteroatoms. The quantitative estimate of drug-likeness (QED) is 0.720. The zero-order chi connectivity index (χ0) is 12.7. The zero-order valence-corrected chi connectivity index (χ0v) is 11.0. The molecule has 3 nitrogen and oxygen atoms in total. The van der Waals surface area contributed by atoms with Crippen LogP contribution >= 0.6 is 0 Å². The third-order valence-corrected chi connectivity index (χ3v) is 3.99. The Morgan fingerprint density at radius 3 is 2.53 bits per heavy atom. The number of hydrogen-bond acceptors (Lipinski definition) is 2. The summed E-state index contributed by atoms with van der Waals surface area (Å²) in [6.45, 7) is 2.75. The van der Waals surface area contributed by atoms with Crippen LogP contribution in [0.2, 0.25) is 0 Å². The Morgan fingerprint density at radius 2 is 2.00 bits per heavy atom. The molecule has 0 heterocycles. The minimum Gasteiger partial charge on any atom is -0.481 e. The van der Waals surface area contributed by atoms with Crippen LogP contribution in [-0.2, 0) is 4.79 Å². The van der Waals surface area contributed by atoms with Crippen molar-refractivity contribution in [2.24, 2.45) is 23.5 Å². The molecule has 0 radical (unpaired) electrons. The fourth-order valence-electron chi connectivity index (χ4n) is 3.17. The summed E-state index contributed by atoms with van der Waals surface area (Å²) in [5.41, 5.74) is 5.64. The molecule has 3 N–H and O–H groups in total. The van der Waals surface area contributed by atoms with Gasteiger partial charge in [-0.25, -0.2) is 0 Å². The van der Waals surface area contributed by atoms with Crippen molar-refractivity contribution in [2.75, 3.05) is 6.54 Å². The molecule has 0 aromatic heterocycles. The van der Waals surface area contributed by atoms with E-state index in [4.69, 9.17) is 10.8 Å². The number of nitrogens with two attached hydrogens (primary N) is 1. The maximum Gasteiger partial charge on any atom is 0.303 e. The van der Waals surface area contributed by atoms with Gasteiger partial charge in [-0.1, -0.05) is 39.0 Å². The fraction of sp³-hybridized carbons (Fsp3) is 0.929. The fourth-order valence-corrected chi connectivity index (χ4v) is 3.17. The van der Waals surface area contributed by atoms with E-state index in [2.05, 4.69) is 6.92 Å². The smallest absolute Gasteiger partial charge is 0.303 e. The monoisotopic (exact) mass is 241 g/mol. The Morgan fingerprint density at radius 1 is 1.35 bits per heavy atom. The maximum atomic E-state index is 10.7. The van der Waals surface area contributed by atoms with Crippen molar-refractivity contribution in [3.8, 4) is 0 Å². The van der Waals surface area contributed by atoms with Crippen LogP contribution in [0.25, 0.3) is 0 Å². The van der Waals surface area contributed by atoms with Crippen LogP contribution in [0.1, 0.15) is 58.3 Å². The molecule has 0 saturated heterocycles. The van der Waals surface area contributed by atoms with Crippen molar-refractivity contribution >= 4 is 5.97 Å². The Balaban J connectivity index is 2.25. The van der Waals surface area contributed by atoms with Gasteiger partial charge < -0.3 is 10.8 Å². The van der Waals surface area contributed by atoms with E-state index in [-0.39, 0.29) is 12.3 Å². The topological polar surface area (TPSA) is 63.3 Å². The molecule has 17 heavy (non-hydrogen) atoms. The summed E-state index contributed by atoms with van der Waals surface area (Å²) in [4.78, 5) is 10.7. The number of rotatable bonds is 7. The Labute approximate surface area is 105 Å². The van der Waals surface area contributed by atoms with Crippen molar-refractivity contribution in [2.45, 2.75) is 58.3 Å². The molecule has 1 fully saturated rings. The number of hydrogen-bond donors (Lipinski definition) is 2. The second kappa shape index (κ2) is 7.70. The molecule has 1 rings (SSSR count). The van der Waals surface area contributed by atoms with Crippen molar-refractivity contribution in [3.63, 3.8) is 0 Å². The van der Waals surface area contributed by atoms with Gasteiger partial charge in [0.15, 0.2) is 0 Å². The predicted molar refractivity (Wildman–Crippen MR) is 69.8 cm³/mol. The van der Waals surface area contributed by atoms with E-state index in [1.807, 2.05) is 0 Å². The molecule has 1 saturated carbocycles. The van der Waals surface area contributed by atoms with Gasteiger partial charge in [0.2, 0.25) is 0 Å². The second-order valence-corrected chi connectivity index (χ2v) is 5.78. The van der Waals surface area contributed by atoms with Gasteiger partial charge in [-0.2, -0.15) is 0 Å². The summed E-state index contributed by atoms with van der Waals surface area (Å²) in [7, 11) is 0. The highest BCUT2D eigenvalue weighted by Gasteiger charge is 2.20. The van der Waals surface area contributed by atoms with Crippen molar-refractivity contribution in [1.82, 2.24) is 0 Å².